The lowest BCUT2D eigenvalue weighted by atomic mass is 10.1. The van der Waals surface area contributed by atoms with Gasteiger partial charge in [-0.05, 0) is 43.4 Å². The van der Waals surface area contributed by atoms with Gasteiger partial charge in [0.2, 0.25) is 5.91 Å². The van der Waals surface area contributed by atoms with Crippen LogP contribution in [0.1, 0.15) is 24.8 Å². The van der Waals surface area contributed by atoms with E-state index in [9.17, 15) is 18.0 Å². The van der Waals surface area contributed by atoms with Crippen LogP contribution in [0.25, 0.3) is 0 Å². The summed E-state index contributed by atoms with van der Waals surface area (Å²) < 4.78 is 39.9. The van der Waals surface area contributed by atoms with Crippen molar-refractivity contribution in [3.8, 4) is 5.75 Å². The van der Waals surface area contributed by atoms with E-state index in [4.69, 9.17) is 5.73 Å². The second-order valence-electron chi connectivity index (χ2n) is 5.50. The lowest BCUT2D eigenvalue weighted by Gasteiger charge is -2.11. The Balaban J connectivity index is 1.74. The van der Waals surface area contributed by atoms with E-state index in [2.05, 4.69) is 10.1 Å². The Hall–Kier alpha value is -1.76. The van der Waals surface area contributed by atoms with E-state index < -0.39 is 6.36 Å². The Labute approximate surface area is 126 Å². The van der Waals surface area contributed by atoms with Crippen molar-refractivity contribution in [1.82, 2.24) is 5.32 Å². The Kier molecular flexibility index (Phi) is 5.28. The van der Waals surface area contributed by atoms with E-state index in [1.807, 2.05) is 0 Å². The number of ether oxygens (including phenoxy) is 1. The monoisotopic (exact) mass is 316 g/mol. The molecule has 1 aromatic carbocycles. The van der Waals surface area contributed by atoms with Crippen LogP contribution in [0, 0.1) is 5.92 Å². The normalized spacial score (nSPS) is 21.6. The summed E-state index contributed by atoms with van der Waals surface area (Å²) in [4.78, 5) is 11.9. The number of nitrogens with two attached hydrogens (primary N) is 1. The molecule has 4 nitrogen and oxygen atoms in total. The first kappa shape index (κ1) is 16.6. The lowest BCUT2D eigenvalue weighted by molar-refractivity contribution is -0.274. The standard InChI is InChI=1S/C15H19F3N2O2/c16-15(17,18)22-13-5-1-10(2-6-13)7-8-20-14(21)11-3-4-12(19)9-11/h1-2,5-6,11-12H,3-4,7-9,19H2,(H,20,21). The predicted molar refractivity (Wildman–Crippen MR) is 75.2 cm³/mol. The molecule has 1 aromatic rings. The van der Waals surface area contributed by atoms with Gasteiger partial charge in [0.25, 0.3) is 0 Å². The van der Waals surface area contributed by atoms with Gasteiger partial charge in [-0.15, -0.1) is 13.2 Å². The quantitative estimate of drug-likeness (QED) is 0.876. The molecule has 0 heterocycles. The molecule has 1 saturated carbocycles. The van der Waals surface area contributed by atoms with Crippen LogP contribution in [0.4, 0.5) is 13.2 Å². The van der Waals surface area contributed by atoms with Gasteiger partial charge in [-0.2, -0.15) is 0 Å². The molecule has 2 unspecified atom stereocenters. The molecule has 1 aliphatic carbocycles. The summed E-state index contributed by atoms with van der Waals surface area (Å²) in [7, 11) is 0. The first-order chi connectivity index (χ1) is 10.3. The van der Waals surface area contributed by atoms with Crippen LogP contribution in [0.5, 0.6) is 5.75 Å². The maximum absolute atomic E-state index is 12.0. The molecule has 1 amide bonds. The van der Waals surface area contributed by atoms with Crippen LogP contribution in [0.15, 0.2) is 24.3 Å². The zero-order valence-electron chi connectivity index (χ0n) is 12.0. The number of nitrogens with one attached hydrogen (secondary N) is 1. The molecular formula is C15H19F3N2O2. The summed E-state index contributed by atoms with van der Waals surface area (Å²) in [6.07, 6.45) is -1.72. The van der Waals surface area contributed by atoms with Crippen molar-refractivity contribution in [2.75, 3.05) is 6.54 Å². The maximum atomic E-state index is 12.0. The number of hydrogen-bond acceptors (Lipinski definition) is 3. The lowest BCUT2D eigenvalue weighted by Crippen LogP contribution is -2.31. The second kappa shape index (κ2) is 7.00. The van der Waals surface area contributed by atoms with Gasteiger partial charge in [0.15, 0.2) is 0 Å². The van der Waals surface area contributed by atoms with Crippen LogP contribution in [-0.2, 0) is 11.2 Å². The molecule has 0 aromatic heterocycles. The molecule has 3 N–H and O–H groups in total. The number of rotatable bonds is 5. The molecule has 0 bridgehead atoms. The number of amides is 1. The average Bonchev–Trinajstić information content (AvgIpc) is 2.86. The Morgan fingerprint density at radius 3 is 2.50 bits per heavy atom. The third kappa shape index (κ3) is 5.22. The zero-order valence-corrected chi connectivity index (χ0v) is 12.0. The average molecular weight is 316 g/mol. The van der Waals surface area contributed by atoms with Crippen molar-refractivity contribution >= 4 is 5.91 Å². The number of carbonyl (C=O) groups is 1. The van der Waals surface area contributed by atoms with Crippen LogP contribution < -0.4 is 15.8 Å². The van der Waals surface area contributed by atoms with Gasteiger partial charge in [0.05, 0.1) is 0 Å². The molecule has 1 aliphatic rings. The molecule has 0 spiro atoms. The van der Waals surface area contributed by atoms with E-state index in [-0.39, 0.29) is 23.6 Å². The molecule has 0 radical (unpaired) electrons. The number of benzene rings is 1. The van der Waals surface area contributed by atoms with Crippen molar-refractivity contribution in [3.05, 3.63) is 29.8 Å². The summed E-state index contributed by atoms with van der Waals surface area (Å²) >= 11 is 0. The van der Waals surface area contributed by atoms with E-state index in [1.54, 1.807) is 12.1 Å². The van der Waals surface area contributed by atoms with E-state index >= 15 is 0 Å². The highest BCUT2D eigenvalue weighted by Crippen LogP contribution is 2.24. The third-order valence-electron chi connectivity index (χ3n) is 3.71. The summed E-state index contributed by atoms with van der Waals surface area (Å²) in [5, 5.41) is 2.84. The van der Waals surface area contributed by atoms with E-state index in [1.165, 1.54) is 12.1 Å². The van der Waals surface area contributed by atoms with Crippen molar-refractivity contribution < 1.29 is 22.7 Å². The van der Waals surface area contributed by atoms with Crippen LogP contribution >= 0.6 is 0 Å². The van der Waals surface area contributed by atoms with Crippen LogP contribution in [-0.4, -0.2) is 24.9 Å². The summed E-state index contributed by atoms with van der Waals surface area (Å²) in [5.74, 6) is -0.261. The zero-order chi connectivity index (χ0) is 16.2. The highest BCUT2D eigenvalue weighted by atomic mass is 19.4. The second-order valence-corrected chi connectivity index (χ2v) is 5.50. The van der Waals surface area contributed by atoms with Gasteiger partial charge in [0.1, 0.15) is 5.75 Å². The first-order valence-electron chi connectivity index (χ1n) is 7.21. The minimum absolute atomic E-state index is 0.00461. The van der Waals surface area contributed by atoms with Crippen molar-refractivity contribution in [2.24, 2.45) is 11.7 Å². The van der Waals surface area contributed by atoms with Crippen LogP contribution in [0.3, 0.4) is 0 Å². The fraction of sp³-hybridized carbons (Fsp3) is 0.533. The van der Waals surface area contributed by atoms with Crippen molar-refractivity contribution in [3.63, 3.8) is 0 Å². The van der Waals surface area contributed by atoms with Gasteiger partial charge in [0, 0.05) is 18.5 Å². The van der Waals surface area contributed by atoms with E-state index in [0.717, 1.165) is 24.8 Å². The molecule has 7 heteroatoms. The molecule has 0 aliphatic heterocycles. The fourth-order valence-electron chi connectivity index (χ4n) is 2.59. The molecule has 22 heavy (non-hydrogen) atoms. The van der Waals surface area contributed by atoms with Gasteiger partial charge < -0.3 is 15.8 Å². The summed E-state index contributed by atoms with van der Waals surface area (Å²) in [6.45, 7) is 0.448. The largest absolute Gasteiger partial charge is 0.573 e. The third-order valence-corrected chi connectivity index (χ3v) is 3.71. The number of halogens is 3. The number of alkyl halides is 3. The molecule has 2 rings (SSSR count). The molecule has 1 fully saturated rings. The minimum Gasteiger partial charge on any atom is -0.406 e. The summed E-state index contributed by atoms with van der Waals surface area (Å²) in [6, 6.07) is 5.75. The molecular weight excluding hydrogens is 297 g/mol. The molecule has 0 saturated heterocycles. The van der Waals surface area contributed by atoms with Gasteiger partial charge in [-0.3, -0.25) is 4.79 Å². The highest BCUT2D eigenvalue weighted by molar-refractivity contribution is 5.79. The van der Waals surface area contributed by atoms with Gasteiger partial charge in [-0.25, -0.2) is 0 Å². The van der Waals surface area contributed by atoms with E-state index in [0.29, 0.717) is 13.0 Å². The Bertz CT molecular complexity index is 503. The summed E-state index contributed by atoms with van der Waals surface area (Å²) in [5.41, 5.74) is 6.60. The Morgan fingerprint density at radius 1 is 1.27 bits per heavy atom. The molecule has 122 valence electrons. The fourth-order valence-corrected chi connectivity index (χ4v) is 2.59. The maximum Gasteiger partial charge on any atom is 0.573 e. The topological polar surface area (TPSA) is 64.4 Å². The highest BCUT2D eigenvalue weighted by Gasteiger charge is 2.31. The molecule has 2 atom stereocenters. The smallest absolute Gasteiger partial charge is 0.406 e. The van der Waals surface area contributed by atoms with Crippen molar-refractivity contribution in [2.45, 2.75) is 38.1 Å². The SMILES string of the molecule is NC1CCC(C(=O)NCCc2ccc(OC(F)(F)F)cc2)C1. The number of hydrogen-bond donors (Lipinski definition) is 2. The Morgan fingerprint density at radius 2 is 1.95 bits per heavy atom. The first-order valence-corrected chi connectivity index (χ1v) is 7.21. The number of carbonyl (C=O) groups excluding carboxylic acids is 1. The predicted octanol–water partition coefficient (Wildman–Crippen LogP) is 2.37. The van der Waals surface area contributed by atoms with Gasteiger partial charge >= 0.3 is 6.36 Å². The van der Waals surface area contributed by atoms with Crippen LogP contribution in [0.2, 0.25) is 0 Å². The minimum atomic E-state index is -4.68. The van der Waals surface area contributed by atoms with Crippen molar-refractivity contribution in [1.29, 1.82) is 0 Å². The van der Waals surface area contributed by atoms with Gasteiger partial charge in [-0.1, -0.05) is 12.1 Å².